The quantitative estimate of drug-likeness (QED) is 0.126. The zero-order valence-corrected chi connectivity index (χ0v) is 34.2. The number of carbonyl (C=O) groups excluding carboxylic acids is 2. The van der Waals surface area contributed by atoms with Crippen molar-refractivity contribution in [3.05, 3.63) is 145 Å². The molecule has 9 aromatic rings. The number of anilines is 2. The van der Waals surface area contributed by atoms with Crippen LogP contribution in [0.15, 0.2) is 138 Å². The number of ether oxygens (including phenoxy) is 1. The smallest absolute Gasteiger partial charge is 0.227 e. The maximum absolute atomic E-state index is 12.6. The molecule has 4 aromatic heterocycles. The Balaban J connectivity index is 0.000000170. The lowest BCUT2D eigenvalue weighted by Gasteiger charge is -2.12. The van der Waals surface area contributed by atoms with Gasteiger partial charge in [0.2, 0.25) is 23.5 Å². The Morgan fingerprint density at radius 1 is 0.700 bits per heavy atom. The number of pyridine rings is 1. The van der Waals surface area contributed by atoms with Crippen LogP contribution in [0.4, 0.5) is 11.4 Å². The molecule has 302 valence electrons. The molecule has 4 heterocycles. The standard InChI is InChI=1S/C26H24N4O3.C23H23N3O/c1-3-30-21-10-6-4-8-18(21)20-16-17(12-13-22(20)30)27-24(31)14-15-25-28-26(29-33-25)19-9-5-7-11-23(19)32-2;1-3-26-21-7-5-4-6-19(21)20-15-18(8-9-22(20)26)25-23(27)16(2)14-17-10-12-24-13-11-17/h4-13,16H,3,14-15H2,1-2H3,(H,27,31);4-13,15-16H,3,14H2,1-2H3,(H,25,27). The van der Waals surface area contributed by atoms with Crippen molar-refractivity contribution in [3.8, 4) is 17.1 Å². The van der Waals surface area contributed by atoms with E-state index in [1.54, 1.807) is 19.5 Å². The fraction of sp³-hybridized carbons (Fsp3) is 0.204. The fourth-order valence-electron chi connectivity index (χ4n) is 7.91. The first kappa shape index (κ1) is 39.6. The van der Waals surface area contributed by atoms with Crippen LogP contribution in [0.1, 0.15) is 38.6 Å². The molecule has 1 unspecified atom stereocenters. The van der Waals surface area contributed by atoms with Crippen LogP contribution in [0.25, 0.3) is 55.0 Å². The summed E-state index contributed by atoms with van der Waals surface area (Å²) < 4.78 is 15.3. The van der Waals surface area contributed by atoms with Gasteiger partial charge in [0.1, 0.15) is 5.75 Å². The Labute approximate surface area is 348 Å². The molecule has 1 atom stereocenters. The SMILES string of the molecule is CCn1c2ccccc2c2cc(NC(=O)C(C)Cc3ccncc3)ccc21.CCn1c2ccccc2c2cc(NC(=O)CCc3nc(-c4ccccc4OC)no3)ccc21. The van der Waals surface area contributed by atoms with E-state index >= 15 is 0 Å². The Hall–Kier alpha value is -7.27. The monoisotopic (exact) mass is 797 g/mol. The van der Waals surface area contributed by atoms with E-state index in [-0.39, 0.29) is 24.2 Å². The van der Waals surface area contributed by atoms with Gasteiger partial charge in [-0.1, -0.05) is 60.6 Å². The average Bonchev–Trinajstić information content (AvgIpc) is 3.98. The van der Waals surface area contributed by atoms with Gasteiger partial charge in [-0.15, -0.1) is 0 Å². The lowest BCUT2D eigenvalue weighted by molar-refractivity contribution is -0.119. The fourth-order valence-corrected chi connectivity index (χ4v) is 7.91. The lowest BCUT2D eigenvalue weighted by Crippen LogP contribution is -2.22. The van der Waals surface area contributed by atoms with Crippen LogP contribution in [0, 0.1) is 5.92 Å². The highest BCUT2D eigenvalue weighted by Gasteiger charge is 2.17. The summed E-state index contributed by atoms with van der Waals surface area (Å²) in [6.45, 7) is 8.05. The van der Waals surface area contributed by atoms with Crippen molar-refractivity contribution in [1.82, 2.24) is 24.3 Å². The van der Waals surface area contributed by atoms with Crippen molar-refractivity contribution >= 4 is 66.8 Å². The average molecular weight is 798 g/mol. The van der Waals surface area contributed by atoms with Crippen LogP contribution in [0.3, 0.4) is 0 Å². The molecule has 0 saturated heterocycles. The molecule has 0 bridgehead atoms. The summed E-state index contributed by atoms with van der Waals surface area (Å²) in [5, 5.41) is 14.8. The van der Waals surface area contributed by atoms with E-state index in [0.717, 1.165) is 46.5 Å². The molecule has 0 saturated carbocycles. The summed E-state index contributed by atoms with van der Waals surface area (Å²) in [4.78, 5) is 33.7. The summed E-state index contributed by atoms with van der Waals surface area (Å²) in [6.07, 6.45) is 4.81. The number of benzene rings is 5. The minimum absolute atomic E-state index is 0.0328. The molecule has 2 N–H and O–H groups in total. The topological polar surface area (TPSA) is 129 Å². The van der Waals surface area contributed by atoms with Gasteiger partial charge in [0, 0.05) is 99.2 Å². The number of aryl methyl sites for hydroxylation is 3. The summed E-state index contributed by atoms with van der Waals surface area (Å²) in [6, 6.07) is 40.3. The van der Waals surface area contributed by atoms with Crippen LogP contribution in [0.2, 0.25) is 0 Å². The van der Waals surface area contributed by atoms with Crippen LogP contribution >= 0.6 is 0 Å². The molecule has 0 fully saturated rings. The minimum Gasteiger partial charge on any atom is -0.496 e. The molecule has 2 amide bonds. The number of aromatic nitrogens is 5. The van der Waals surface area contributed by atoms with Gasteiger partial charge in [-0.25, -0.2) is 0 Å². The van der Waals surface area contributed by atoms with E-state index in [1.807, 2.05) is 73.7 Å². The van der Waals surface area contributed by atoms with Crippen molar-refractivity contribution in [2.45, 2.75) is 53.1 Å². The molecule has 60 heavy (non-hydrogen) atoms. The Bertz CT molecular complexity index is 2950. The van der Waals surface area contributed by atoms with Crippen molar-refractivity contribution in [1.29, 1.82) is 0 Å². The van der Waals surface area contributed by atoms with Crippen LogP contribution in [-0.4, -0.2) is 43.2 Å². The molecular weight excluding hydrogens is 751 g/mol. The van der Waals surface area contributed by atoms with Gasteiger partial charge in [-0.3, -0.25) is 14.6 Å². The third-order valence-electron chi connectivity index (χ3n) is 10.8. The van der Waals surface area contributed by atoms with Gasteiger partial charge in [-0.05, 0) is 98.6 Å². The van der Waals surface area contributed by atoms with E-state index in [0.29, 0.717) is 30.3 Å². The number of nitrogens with one attached hydrogen (secondary N) is 2. The minimum atomic E-state index is -0.111. The number of rotatable bonds is 12. The number of carbonyl (C=O) groups is 2. The molecule has 11 heteroatoms. The number of methoxy groups -OCH3 is 1. The molecule has 0 aliphatic rings. The van der Waals surface area contributed by atoms with Crippen molar-refractivity contribution in [2.75, 3.05) is 17.7 Å². The Morgan fingerprint density at radius 3 is 1.88 bits per heavy atom. The van der Waals surface area contributed by atoms with Crippen molar-refractivity contribution in [2.24, 2.45) is 5.92 Å². The van der Waals surface area contributed by atoms with Gasteiger partial charge >= 0.3 is 0 Å². The molecule has 0 spiro atoms. The number of nitrogens with zero attached hydrogens (tertiary/aromatic N) is 5. The summed E-state index contributed by atoms with van der Waals surface area (Å²) in [7, 11) is 1.60. The maximum atomic E-state index is 12.6. The molecular formula is C49H47N7O4. The van der Waals surface area contributed by atoms with Gasteiger partial charge < -0.3 is 29.0 Å². The van der Waals surface area contributed by atoms with Crippen LogP contribution in [0.5, 0.6) is 5.75 Å². The maximum Gasteiger partial charge on any atom is 0.227 e. The molecule has 0 aliphatic heterocycles. The van der Waals surface area contributed by atoms with Gasteiger partial charge in [0.05, 0.1) is 12.7 Å². The van der Waals surface area contributed by atoms with E-state index in [1.165, 1.54) is 32.7 Å². The second kappa shape index (κ2) is 17.7. The van der Waals surface area contributed by atoms with Gasteiger partial charge in [0.25, 0.3) is 0 Å². The normalized spacial score (nSPS) is 11.7. The van der Waals surface area contributed by atoms with E-state index in [9.17, 15) is 9.59 Å². The number of fused-ring (bicyclic) bond motifs is 6. The Kier molecular flexibility index (Phi) is 11.7. The first-order chi connectivity index (χ1) is 29.3. The van der Waals surface area contributed by atoms with Gasteiger partial charge in [0.15, 0.2) is 0 Å². The number of hydrogen-bond acceptors (Lipinski definition) is 7. The second-order valence-corrected chi connectivity index (χ2v) is 14.7. The number of hydrogen-bond donors (Lipinski definition) is 2. The number of para-hydroxylation sites is 3. The molecule has 9 rings (SSSR count). The third kappa shape index (κ3) is 8.20. The molecule has 11 nitrogen and oxygen atoms in total. The molecule has 0 aliphatic carbocycles. The van der Waals surface area contributed by atoms with Crippen LogP contribution in [-0.2, 0) is 35.5 Å². The van der Waals surface area contributed by atoms with Crippen LogP contribution < -0.4 is 15.4 Å². The largest absolute Gasteiger partial charge is 0.496 e. The Morgan fingerprint density at radius 2 is 1.27 bits per heavy atom. The first-order valence-electron chi connectivity index (χ1n) is 20.3. The lowest BCUT2D eigenvalue weighted by atomic mass is 10.0. The van der Waals surface area contributed by atoms with Gasteiger partial charge in [-0.2, -0.15) is 4.98 Å². The highest BCUT2D eigenvalue weighted by Crippen LogP contribution is 2.33. The predicted octanol–water partition coefficient (Wildman–Crippen LogP) is 10.5. The second-order valence-electron chi connectivity index (χ2n) is 14.7. The zero-order chi connectivity index (χ0) is 41.6. The van der Waals surface area contributed by atoms with E-state index in [4.69, 9.17) is 9.26 Å². The number of amides is 2. The summed E-state index contributed by atoms with van der Waals surface area (Å²) in [5.41, 5.74) is 8.26. The van der Waals surface area contributed by atoms with Crippen molar-refractivity contribution in [3.63, 3.8) is 0 Å². The van der Waals surface area contributed by atoms with E-state index < -0.39 is 0 Å². The first-order valence-corrected chi connectivity index (χ1v) is 20.3. The summed E-state index contributed by atoms with van der Waals surface area (Å²) in [5.74, 6) is 1.34. The van der Waals surface area contributed by atoms with Crippen molar-refractivity contribution < 1.29 is 18.8 Å². The zero-order valence-electron chi connectivity index (χ0n) is 34.2. The summed E-state index contributed by atoms with van der Waals surface area (Å²) >= 11 is 0. The van der Waals surface area contributed by atoms with E-state index in [2.05, 4.69) is 103 Å². The predicted molar refractivity (Wildman–Crippen MR) is 239 cm³/mol. The highest BCUT2D eigenvalue weighted by atomic mass is 16.5. The highest BCUT2D eigenvalue weighted by molar-refractivity contribution is 6.11. The third-order valence-corrected chi connectivity index (χ3v) is 10.8. The molecule has 0 radical (unpaired) electrons. The molecule has 5 aromatic carbocycles.